The van der Waals surface area contributed by atoms with E-state index in [0.717, 1.165) is 33.9 Å². The van der Waals surface area contributed by atoms with Gasteiger partial charge in [0.1, 0.15) is 0 Å². The van der Waals surface area contributed by atoms with Gasteiger partial charge in [0.2, 0.25) is 0 Å². The molecule has 0 radical (unpaired) electrons. The number of benzene rings is 4. The van der Waals surface area contributed by atoms with Gasteiger partial charge in [0.15, 0.2) is 0 Å². The Kier molecular flexibility index (Phi) is 8.96. The van der Waals surface area contributed by atoms with Crippen molar-refractivity contribution in [3.8, 4) is 22.5 Å². The molecule has 290 valence electrons. The zero-order valence-corrected chi connectivity index (χ0v) is 35.8. The summed E-state index contributed by atoms with van der Waals surface area (Å²) in [6.07, 6.45) is 6.46. The molecule has 6 aromatic rings. The van der Waals surface area contributed by atoms with E-state index < -0.39 is 0 Å². The summed E-state index contributed by atoms with van der Waals surface area (Å²) in [5.74, 6) is 0.445. The maximum atomic E-state index is 4.99. The van der Waals surface area contributed by atoms with Gasteiger partial charge in [-0.2, -0.15) is 0 Å². The third kappa shape index (κ3) is 6.22. The van der Waals surface area contributed by atoms with Gasteiger partial charge in [-0.25, -0.2) is 0 Å². The largest absolute Gasteiger partial charge is 0.314 e. The van der Waals surface area contributed by atoms with Gasteiger partial charge in [-0.05, 0) is 110 Å². The summed E-state index contributed by atoms with van der Waals surface area (Å²) in [6.45, 7) is 23.5. The Morgan fingerprint density at radius 3 is 1.45 bits per heavy atom. The number of rotatable bonds is 4. The van der Waals surface area contributed by atoms with Crippen LogP contribution < -0.4 is 20.7 Å². The first-order chi connectivity index (χ1) is 27.6. The second kappa shape index (κ2) is 13.7. The molecular weight excluding hydrogens is 703 g/mol. The second-order valence-corrected chi connectivity index (χ2v) is 19.6. The first-order valence-corrected chi connectivity index (χ1v) is 21.0. The minimum Gasteiger partial charge on any atom is -0.314 e. The van der Waals surface area contributed by atoms with Crippen molar-refractivity contribution in [1.29, 1.82) is 0 Å². The van der Waals surface area contributed by atoms with E-state index in [1.165, 1.54) is 50.3 Å². The fraction of sp³-hybridized carbons (Fsp3) is 0.283. The van der Waals surface area contributed by atoms with E-state index in [0.29, 0.717) is 0 Å². The van der Waals surface area contributed by atoms with Crippen LogP contribution in [0.3, 0.4) is 0 Å². The normalized spacial score (nSPS) is 17.8. The molecule has 3 aliphatic rings. The summed E-state index contributed by atoms with van der Waals surface area (Å²) in [4.78, 5) is 15.2. The van der Waals surface area contributed by atoms with E-state index in [2.05, 4.69) is 194 Å². The molecule has 1 aliphatic carbocycles. The van der Waals surface area contributed by atoms with Gasteiger partial charge in [-0.3, -0.25) is 9.97 Å². The summed E-state index contributed by atoms with van der Waals surface area (Å²) in [7, 11) is 0. The number of hydrogen-bond donors (Lipinski definition) is 0. The first kappa shape index (κ1) is 37.9. The molecule has 5 heteroatoms. The molecule has 9 rings (SSSR count). The van der Waals surface area contributed by atoms with Crippen molar-refractivity contribution in [3.63, 3.8) is 0 Å². The number of anilines is 4. The number of nitrogens with zero attached hydrogens (tertiary/aromatic N) is 4. The van der Waals surface area contributed by atoms with Crippen LogP contribution in [-0.4, -0.2) is 16.7 Å². The van der Waals surface area contributed by atoms with Crippen LogP contribution in [0, 0.1) is 17.3 Å². The van der Waals surface area contributed by atoms with Gasteiger partial charge < -0.3 is 9.80 Å². The Labute approximate surface area is 346 Å². The lowest BCUT2D eigenvalue weighted by molar-refractivity contribution is 0.233. The molecule has 2 unspecified atom stereocenters. The van der Waals surface area contributed by atoms with Crippen LogP contribution in [0.5, 0.6) is 0 Å². The molecule has 0 saturated heterocycles. The summed E-state index contributed by atoms with van der Waals surface area (Å²) < 4.78 is 0. The highest BCUT2D eigenvalue weighted by Crippen LogP contribution is 2.55. The molecule has 4 nitrogen and oxygen atoms in total. The molecule has 4 aromatic carbocycles. The van der Waals surface area contributed by atoms with Gasteiger partial charge in [0.25, 0.3) is 6.71 Å². The van der Waals surface area contributed by atoms with Crippen molar-refractivity contribution in [2.75, 3.05) is 9.80 Å². The van der Waals surface area contributed by atoms with Crippen LogP contribution in [0.1, 0.15) is 80.4 Å². The van der Waals surface area contributed by atoms with E-state index in [-0.39, 0.29) is 34.8 Å². The van der Waals surface area contributed by atoms with Crippen LogP contribution >= 0.6 is 0 Å². The van der Waals surface area contributed by atoms with Gasteiger partial charge in [-0.15, -0.1) is 0 Å². The van der Waals surface area contributed by atoms with Crippen molar-refractivity contribution in [1.82, 2.24) is 9.97 Å². The minimum absolute atomic E-state index is 0.0223. The van der Waals surface area contributed by atoms with Crippen molar-refractivity contribution < 1.29 is 0 Å². The lowest BCUT2D eigenvalue weighted by atomic mass is 9.31. The Bertz CT molecular complexity index is 2600. The molecule has 4 heterocycles. The summed E-state index contributed by atoms with van der Waals surface area (Å²) in [6, 6.07) is 45.0. The highest BCUT2D eigenvalue weighted by Gasteiger charge is 2.50. The predicted molar refractivity (Wildman–Crippen MR) is 246 cm³/mol. The lowest BCUT2D eigenvalue weighted by Gasteiger charge is -2.52. The fourth-order valence-corrected chi connectivity index (χ4v) is 9.74. The third-order valence-electron chi connectivity index (χ3n) is 12.7. The van der Waals surface area contributed by atoms with Crippen LogP contribution in [0.15, 0.2) is 157 Å². The molecule has 2 atom stereocenters. The van der Waals surface area contributed by atoms with E-state index in [4.69, 9.17) is 9.97 Å². The summed E-state index contributed by atoms with van der Waals surface area (Å²) in [5.41, 5.74) is 18.2. The molecule has 58 heavy (non-hydrogen) atoms. The molecule has 0 bridgehead atoms. The number of aromatic nitrogens is 2. The third-order valence-corrected chi connectivity index (χ3v) is 12.7. The molecule has 0 amide bonds. The number of pyridine rings is 2. The van der Waals surface area contributed by atoms with Crippen molar-refractivity contribution in [3.05, 3.63) is 168 Å². The van der Waals surface area contributed by atoms with E-state index in [1.807, 2.05) is 24.5 Å². The first-order valence-electron chi connectivity index (χ1n) is 21.0. The number of allylic oxidation sites excluding steroid dienone is 3. The Morgan fingerprint density at radius 1 is 0.517 bits per heavy atom. The molecular formula is C53H55BN4. The highest BCUT2D eigenvalue weighted by atomic mass is 15.2. The lowest BCUT2D eigenvalue weighted by Crippen LogP contribution is -2.58. The van der Waals surface area contributed by atoms with E-state index in [9.17, 15) is 0 Å². The van der Waals surface area contributed by atoms with E-state index >= 15 is 0 Å². The number of fused-ring (bicyclic) bond motifs is 4. The average molecular weight is 759 g/mol. The van der Waals surface area contributed by atoms with Crippen molar-refractivity contribution >= 4 is 40.4 Å². The quantitative estimate of drug-likeness (QED) is 0.168. The summed E-state index contributed by atoms with van der Waals surface area (Å²) >= 11 is 0. The second-order valence-electron chi connectivity index (χ2n) is 19.6. The van der Waals surface area contributed by atoms with Crippen molar-refractivity contribution in [2.45, 2.75) is 80.1 Å². The predicted octanol–water partition coefficient (Wildman–Crippen LogP) is 12.3. The SMILES string of the molecule is CC1C2=C3B(c4ccccc4N(c4ccc(C(C)(C)C)cc4-c4ccccn4)C3=CC1C(C)(C)C)c1ccccc1N2c1ccc(C(C)(C)C)cc1-c1ccccn1. The van der Waals surface area contributed by atoms with Gasteiger partial charge in [0, 0.05) is 52.2 Å². The standard InChI is InChI=1S/C53H55BN4/c1-34-39(53(8,9)10)33-48-49-50(34)58(45-28-26-36(52(5,6)7)32-38(45)43-22-16-18-30-56-43)47-24-14-12-20-41(47)54(49)40-19-11-13-23-46(40)57(48)44-27-25-35(51(2,3)4)31-37(44)42-21-15-17-29-55-42/h11-34,39H,1-10H3. The molecule has 0 N–H and O–H groups in total. The molecule has 0 spiro atoms. The molecule has 0 saturated carbocycles. The number of para-hydroxylation sites is 2. The molecule has 2 aromatic heterocycles. The van der Waals surface area contributed by atoms with Crippen LogP contribution in [-0.2, 0) is 10.8 Å². The highest BCUT2D eigenvalue weighted by molar-refractivity contribution is 6.94. The van der Waals surface area contributed by atoms with Gasteiger partial charge in [-0.1, -0.05) is 136 Å². The minimum atomic E-state index is -0.0268. The maximum Gasteiger partial charge on any atom is 0.251 e. The van der Waals surface area contributed by atoms with Crippen molar-refractivity contribution in [2.24, 2.45) is 17.3 Å². The smallest absolute Gasteiger partial charge is 0.251 e. The average Bonchev–Trinajstić information content (AvgIpc) is 3.20. The fourth-order valence-electron chi connectivity index (χ4n) is 9.74. The maximum absolute atomic E-state index is 4.99. The zero-order valence-electron chi connectivity index (χ0n) is 35.8. The van der Waals surface area contributed by atoms with Gasteiger partial charge >= 0.3 is 0 Å². The van der Waals surface area contributed by atoms with E-state index in [1.54, 1.807) is 0 Å². The van der Waals surface area contributed by atoms with Gasteiger partial charge in [0.05, 0.1) is 22.8 Å². The summed E-state index contributed by atoms with van der Waals surface area (Å²) in [5, 5.41) is 0. The van der Waals surface area contributed by atoms with Crippen LogP contribution in [0.4, 0.5) is 22.7 Å². The number of hydrogen-bond acceptors (Lipinski definition) is 4. The van der Waals surface area contributed by atoms with Crippen LogP contribution in [0.2, 0.25) is 0 Å². The monoisotopic (exact) mass is 758 g/mol. The topological polar surface area (TPSA) is 32.3 Å². The molecule has 2 aliphatic heterocycles. The zero-order chi connectivity index (χ0) is 40.7. The Balaban J connectivity index is 1.40. The van der Waals surface area contributed by atoms with Crippen LogP contribution in [0.25, 0.3) is 22.5 Å². The molecule has 0 fully saturated rings. The Hall–Kier alpha value is -5.68. The Morgan fingerprint density at radius 2 is 0.983 bits per heavy atom.